The second-order valence-corrected chi connectivity index (χ2v) is 9.21. The van der Waals surface area contributed by atoms with Crippen LogP contribution in [0.25, 0.3) is 0 Å². The number of carbonyl (C=O) groups excluding carboxylic acids is 1. The van der Waals surface area contributed by atoms with Gasteiger partial charge in [0.2, 0.25) is 5.91 Å². The number of β-amino-alcohol motifs (C(OH)–C–C–N with tert-alkyl or cyclic N) is 1. The number of benzene rings is 1. The minimum atomic E-state index is -0.357. The molecule has 0 spiro atoms. The first kappa shape index (κ1) is 23.2. The van der Waals surface area contributed by atoms with Crippen molar-refractivity contribution in [2.45, 2.75) is 50.8 Å². The summed E-state index contributed by atoms with van der Waals surface area (Å²) in [4.78, 5) is 21.4. The van der Waals surface area contributed by atoms with Gasteiger partial charge in [0.1, 0.15) is 0 Å². The summed E-state index contributed by atoms with van der Waals surface area (Å²) >= 11 is 0. The van der Waals surface area contributed by atoms with Crippen LogP contribution in [0.15, 0.2) is 30.3 Å². The molecule has 0 bridgehead atoms. The maximum Gasteiger partial charge on any atom is 0.236 e. The molecule has 168 valence electrons. The number of hydrogen-bond donors (Lipinski definition) is 1. The van der Waals surface area contributed by atoms with Gasteiger partial charge >= 0.3 is 0 Å². The summed E-state index contributed by atoms with van der Waals surface area (Å²) in [5.41, 5.74) is 1.27. The second-order valence-electron chi connectivity index (χ2n) is 9.21. The molecule has 0 aromatic heterocycles. The molecule has 1 aliphatic carbocycles. The molecule has 1 aromatic rings. The minimum absolute atomic E-state index is 0.262. The third-order valence-electron chi connectivity index (χ3n) is 6.63. The van der Waals surface area contributed by atoms with Crippen molar-refractivity contribution in [3.63, 3.8) is 0 Å². The molecule has 1 saturated heterocycles. The number of amides is 1. The Morgan fingerprint density at radius 3 is 2.33 bits per heavy atom. The third-order valence-corrected chi connectivity index (χ3v) is 6.63. The summed E-state index contributed by atoms with van der Waals surface area (Å²) in [6.45, 7) is 6.38. The molecule has 2 aliphatic rings. The molecule has 30 heavy (non-hydrogen) atoms. The van der Waals surface area contributed by atoms with Gasteiger partial charge in [-0.1, -0.05) is 49.6 Å². The standard InChI is InChI=1S/C24H40N4O2/c1-25(17-21-9-5-3-6-10-21)18-23(29)19-27-13-15-28(16-14-27)20-24(30)26(2)22-11-7-4-8-12-22/h3,5-6,9-10,22-23,29H,4,7-8,11-20H2,1-2H3. The van der Waals surface area contributed by atoms with E-state index in [4.69, 9.17) is 0 Å². The lowest BCUT2D eigenvalue weighted by Gasteiger charge is -2.37. The minimum Gasteiger partial charge on any atom is -0.390 e. The van der Waals surface area contributed by atoms with E-state index < -0.39 is 0 Å². The van der Waals surface area contributed by atoms with Crippen LogP contribution in [0, 0.1) is 0 Å². The highest BCUT2D eigenvalue weighted by molar-refractivity contribution is 5.78. The van der Waals surface area contributed by atoms with E-state index in [0.29, 0.717) is 25.7 Å². The van der Waals surface area contributed by atoms with E-state index in [2.05, 4.69) is 46.0 Å². The van der Waals surface area contributed by atoms with E-state index >= 15 is 0 Å². The Labute approximate surface area is 182 Å². The third kappa shape index (κ3) is 7.34. The lowest BCUT2D eigenvalue weighted by atomic mass is 9.94. The molecule has 1 aliphatic heterocycles. The topological polar surface area (TPSA) is 50.3 Å². The molecule has 0 radical (unpaired) electrons. The highest BCUT2D eigenvalue weighted by Crippen LogP contribution is 2.21. The number of nitrogens with zero attached hydrogens (tertiary/aromatic N) is 4. The van der Waals surface area contributed by atoms with E-state index in [9.17, 15) is 9.90 Å². The predicted octanol–water partition coefficient (Wildman–Crippen LogP) is 1.89. The van der Waals surface area contributed by atoms with Gasteiger partial charge in [-0.25, -0.2) is 0 Å². The Kier molecular flexibility index (Phi) is 9.12. The van der Waals surface area contributed by atoms with Crippen LogP contribution in [-0.4, -0.2) is 103 Å². The Bertz CT molecular complexity index is 627. The van der Waals surface area contributed by atoms with Gasteiger partial charge in [0.05, 0.1) is 12.6 Å². The first-order chi connectivity index (χ1) is 14.5. The summed E-state index contributed by atoms with van der Waals surface area (Å²) < 4.78 is 0. The number of aliphatic hydroxyl groups is 1. The lowest BCUT2D eigenvalue weighted by molar-refractivity contribution is -0.134. The first-order valence-electron chi connectivity index (χ1n) is 11.6. The van der Waals surface area contributed by atoms with Gasteiger partial charge in [-0.2, -0.15) is 0 Å². The average molecular weight is 417 g/mol. The number of aliphatic hydroxyl groups excluding tert-OH is 1. The van der Waals surface area contributed by atoms with Crippen LogP contribution in [0.5, 0.6) is 0 Å². The largest absolute Gasteiger partial charge is 0.390 e. The molecule has 1 N–H and O–H groups in total. The Morgan fingerprint density at radius 1 is 1.03 bits per heavy atom. The fourth-order valence-electron chi connectivity index (χ4n) is 4.78. The van der Waals surface area contributed by atoms with Crippen molar-refractivity contribution in [3.05, 3.63) is 35.9 Å². The van der Waals surface area contributed by atoms with Crippen LogP contribution >= 0.6 is 0 Å². The highest BCUT2D eigenvalue weighted by atomic mass is 16.3. The summed E-state index contributed by atoms with van der Waals surface area (Å²) in [6.07, 6.45) is 5.78. The smallest absolute Gasteiger partial charge is 0.236 e. The number of piperazine rings is 1. The van der Waals surface area contributed by atoms with Gasteiger partial charge in [-0.15, -0.1) is 0 Å². The van der Waals surface area contributed by atoms with Gasteiger partial charge in [0, 0.05) is 58.9 Å². The molecular formula is C24H40N4O2. The van der Waals surface area contributed by atoms with Gasteiger partial charge in [0.15, 0.2) is 0 Å². The zero-order valence-electron chi connectivity index (χ0n) is 18.9. The number of hydrogen-bond acceptors (Lipinski definition) is 5. The van der Waals surface area contributed by atoms with E-state index in [1.54, 1.807) is 0 Å². The molecule has 3 rings (SSSR count). The Morgan fingerprint density at radius 2 is 1.67 bits per heavy atom. The van der Waals surface area contributed by atoms with Crippen molar-refractivity contribution in [1.29, 1.82) is 0 Å². The molecule has 1 aromatic carbocycles. The quantitative estimate of drug-likeness (QED) is 0.666. The van der Waals surface area contributed by atoms with Gasteiger partial charge < -0.3 is 10.0 Å². The van der Waals surface area contributed by atoms with E-state index in [1.807, 2.05) is 18.0 Å². The molecule has 6 heteroatoms. The van der Waals surface area contributed by atoms with Crippen molar-refractivity contribution in [1.82, 2.24) is 19.6 Å². The van der Waals surface area contributed by atoms with Crippen LogP contribution in [0.1, 0.15) is 37.7 Å². The summed E-state index contributed by atoms with van der Waals surface area (Å²) in [7, 11) is 4.04. The maximum absolute atomic E-state index is 12.7. The zero-order valence-corrected chi connectivity index (χ0v) is 18.9. The van der Waals surface area contributed by atoms with Crippen LogP contribution in [0.2, 0.25) is 0 Å². The first-order valence-corrected chi connectivity index (χ1v) is 11.6. The predicted molar refractivity (Wildman–Crippen MR) is 121 cm³/mol. The molecule has 6 nitrogen and oxygen atoms in total. The molecule has 1 atom stereocenters. The van der Waals surface area contributed by atoms with Gasteiger partial charge in [-0.05, 0) is 25.5 Å². The Balaban J connectivity index is 1.33. The molecule has 1 unspecified atom stereocenters. The summed E-state index contributed by atoms with van der Waals surface area (Å²) in [6, 6.07) is 10.8. The van der Waals surface area contributed by atoms with E-state index in [-0.39, 0.29) is 12.0 Å². The maximum atomic E-state index is 12.7. The van der Waals surface area contributed by atoms with Crippen molar-refractivity contribution in [2.75, 3.05) is 59.9 Å². The van der Waals surface area contributed by atoms with Crippen molar-refractivity contribution in [2.24, 2.45) is 0 Å². The molecule has 1 amide bonds. The molecule has 2 fully saturated rings. The van der Waals surface area contributed by atoms with Crippen LogP contribution in [0.3, 0.4) is 0 Å². The zero-order chi connectivity index (χ0) is 21.3. The fourth-order valence-corrected chi connectivity index (χ4v) is 4.78. The molecule has 1 saturated carbocycles. The normalized spacial score (nSPS) is 20.4. The molecular weight excluding hydrogens is 376 g/mol. The fraction of sp³-hybridized carbons (Fsp3) is 0.708. The number of carbonyl (C=O) groups is 1. The van der Waals surface area contributed by atoms with Crippen molar-refractivity contribution in [3.8, 4) is 0 Å². The SMILES string of the molecule is CN(Cc1ccccc1)CC(O)CN1CCN(CC(=O)N(C)C2CCCCC2)CC1. The average Bonchev–Trinajstić information content (AvgIpc) is 2.75. The van der Waals surface area contributed by atoms with E-state index in [1.165, 1.54) is 24.8 Å². The van der Waals surface area contributed by atoms with Crippen LogP contribution in [0.4, 0.5) is 0 Å². The summed E-state index contributed by atoms with van der Waals surface area (Å²) in [5, 5.41) is 10.5. The molecule has 1 heterocycles. The van der Waals surface area contributed by atoms with E-state index in [0.717, 1.165) is 45.6 Å². The monoisotopic (exact) mass is 416 g/mol. The van der Waals surface area contributed by atoms with Gasteiger partial charge in [-0.3, -0.25) is 19.5 Å². The number of likely N-dealkylation sites (N-methyl/N-ethyl adjacent to an activating group) is 2. The summed E-state index contributed by atoms with van der Waals surface area (Å²) in [5.74, 6) is 0.262. The number of rotatable bonds is 9. The van der Waals surface area contributed by atoms with Crippen LogP contribution in [-0.2, 0) is 11.3 Å². The van der Waals surface area contributed by atoms with Crippen molar-refractivity contribution >= 4 is 5.91 Å². The highest BCUT2D eigenvalue weighted by Gasteiger charge is 2.25. The van der Waals surface area contributed by atoms with Crippen molar-refractivity contribution < 1.29 is 9.90 Å². The lowest BCUT2D eigenvalue weighted by Crippen LogP contribution is -2.52. The van der Waals surface area contributed by atoms with Gasteiger partial charge in [0.25, 0.3) is 0 Å². The van der Waals surface area contributed by atoms with Crippen LogP contribution < -0.4 is 0 Å². The Hall–Kier alpha value is -1.47. The second kappa shape index (κ2) is 11.8.